The lowest BCUT2D eigenvalue weighted by Gasteiger charge is -2.48. The Morgan fingerprint density at radius 1 is 1.19 bits per heavy atom. The molecule has 4 heteroatoms. The van der Waals surface area contributed by atoms with Crippen LogP contribution in [0.25, 0.3) is 0 Å². The fourth-order valence-corrected chi connectivity index (χ4v) is 3.84. The Kier molecular flexibility index (Phi) is 4.02. The summed E-state index contributed by atoms with van der Waals surface area (Å²) in [6.45, 7) is 0.915. The minimum absolute atomic E-state index is 0.0782. The molecule has 1 N–H and O–H groups in total. The van der Waals surface area contributed by atoms with Crippen LogP contribution in [0.3, 0.4) is 0 Å². The summed E-state index contributed by atoms with van der Waals surface area (Å²) in [4.78, 5) is 1.83. The quantitative estimate of drug-likeness (QED) is 0.924. The first-order valence-corrected chi connectivity index (χ1v) is 7.88. The minimum atomic E-state index is -2.83. The van der Waals surface area contributed by atoms with Crippen LogP contribution in [-0.4, -0.2) is 35.2 Å². The van der Waals surface area contributed by atoms with Crippen molar-refractivity contribution in [1.29, 1.82) is 0 Å². The highest BCUT2D eigenvalue weighted by atomic mass is 19.3. The number of hydrogen-bond donors (Lipinski definition) is 1. The number of likely N-dealkylation sites (tertiary alicyclic amines) is 1. The van der Waals surface area contributed by atoms with Crippen LogP contribution in [0.15, 0.2) is 30.3 Å². The van der Waals surface area contributed by atoms with Crippen LogP contribution in [0.5, 0.6) is 0 Å². The molecule has 1 saturated heterocycles. The Morgan fingerprint density at radius 2 is 1.95 bits per heavy atom. The van der Waals surface area contributed by atoms with Crippen molar-refractivity contribution >= 4 is 0 Å². The van der Waals surface area contributed by atoms with E-state index in [0.717, 1.165) is 25.7 Å². The molecule has 2 fully saturated rings. The molecule has 1 aromatic carbocycles. The van der Waals surface area contributed by atoms with E-state index in [1.54, 1.807) is 18.2 Å². The van der Waals surface area contributed by atoms with Crippen molar-refractivity contribution in [2.75, 3.05) is 19.6 Å². The Bertz CT molecular complexity index is 479. The van der Waals surface area contributed by atoms with Crippen molar-refractivity contribution < 1.29 is 13.9 Å². The lowest BCUT2D eigenvalue weighted by Crippen LogP contribution is -2.54. The topological polar surface area (TPSA) is 23.5 Å². The SMILES string of the molecule is OC12CCCCC1CN(CC(F)(F)c1ccccc1)CC2. The van der Waals surface area contributed by atoms with E-state index in [-0.39, 0.29) is 18.0 Å². The summed E-state index contributed by atoms with van der Waals surface area (Å²) in [6, 6.07) is 8.03. The van der Waals surface area contributed by atoms with Gasteiger partial charge >= 0.3 is 0 Å². The normalized spacial score (nSPS) is 30.9. The van der Waals surface area contributed by atoms with Gasteiger partial charge in [-0.2, -0.15) is 8.78 Å². The smallest absolute Gasteiger partial charge is 0.285 e. The third-order valence-electron chi connectivity index (χ3n) is 5.13. The van der Waals surface area contributed by atoms with Gasteiger partial charge in [-0.25, -0.2) is 0 Å². The third-order valence-corrected chi connectivity index (χ3v) is 5.13. The predicted octanol–water partition coefficient (Wildman–Crippen LogP) is 3.41. The number of nitrogens with zero attached hydrogens (tertiary/aromatic N) is 1. The average molecular weight is 295 g/mol. The van der Waals surface area contributed by atoms with Gasteiger partial charge in [0.15, 0.2) is 0 Å². The molecule has 1 heterocycles. The second-order valence-electron chi connectivity index (χ2n) is 6.60. The number of alkyl halides is 2. The number of fused-ring (bicyclic) bond motifs is 1. The first-order chi connectivity index (χ1) is 10.00. The van der Waals surface area contributed by atoms with E-state index >= 15 is 0 Å². The fraction of sp³-hybridized carbons (Fsp3) is 0.647. The van der Waals surface area contributed by atoms with Gasteiger partial charge in [0.05, 0.1) is 12.1 Å². The van der Waals surface area contributed by atoms with E-state index < -0.39 is 11.5 Å². The van der Waals surface area contributed by atoms with Crippen LogP contribution in [0, 0.1) is 5.92 Å². The zero-order valence-electron chi connectivity index (χ0n) is 12.3. The van der Waals surface area contributed by atoms with Crippen molar-refractivity contribution in [2.45, 2.75) is 43.6 Å². The lowest BCUT2D eigenvalue weighted by molar-refractivity contribution is -0.117. The Hall–Kier alpha value is -1.00. The summed E-state index contributed by atoms with van der Waals surface area (Å²) >= 11 is 0. The van der Waals surface area contributed by atoms with Gasteiger partial charge < -0.3 is 5.11 Å². The molecule has 1 aliphatic carbocycles. The zero-order valence-corrected chi connectivity index (χ0v) is 12.3. The molecule has 1 aromatic rings. The maximum Gasteiger partial charge on any atom is 0.285 e. The molecule has 0 bridgehead atoms. The molecule has 0 amide bonds. The summed E-state index contributed by atoms with van der Waals surface area (Å²) in [6.07, 6.45) is 4.59. The largest absolute Gasteiger partial charge is 0.390 e. The fourth-order valence-electron chi connectivity index (χ4n) is 3.84. The van der Waals surface area contributed by atoms with Crippen LogP contribution in [0.2, 0.25) is 0 Å². The lowest BCUT2D eigenvalue weighted by atomic mass is 9.71. The van der Waals surface area contributed by atoms with E-state index in [0.29, 0.717) is 19.5 Å². The molecule has 116 valence electrons. The second kappa shape index (κ2) is 5.65. The van der Waals surface area contributed by atoms with E-state index in [1.807, 2.05) is 4.90 Å². The highest BCUT2D eigenvalue weighted by Crippen LogP contribution is 2.41. The van der Waals surface area contributed by atoms with Crippen LogP contribution < -0.4 is 0 Å². The van der Waals surface area contributed by atoms with E-state index in [2.05, 4.69) is 0 Å². The molecule has 21 heavy (non-hydrogen) atoms. The predicted molar refractivity (Wildman–Crippen MR) is 78.3 cm³/mol. The number of halogens is 2. The first-order valence-electron chi connectivity index (χ1n) is 7.88. The highest BCUT2D eigenvalue weighted by molar-refractivity contribution is 5.20. The summed E-state index contributed by atoms with van der Waals surface area (Å²) in [7, 11) is 0. The van der Waals surface area contributed by atoms with Gasteiger partial charge in [0.25, 0.3) is 5.92 Å². The average Bonchev–Trinajstić information content (AvgIpc) is 2.48. The summed E-state index contributed by atoms with van der Waals surface area (Å²) in [5.41, 5.74) is -0.522. The van der Waals surface area contributed by atoms with E-state index in [9.17, 15) is 13.9 Å². The number of benzene rings is 1. The number of aliphatic hydroxyl groups is 1. The molecule has 3 rings (SSSR count). The van der Waals surface area contributed by atoms with Gasteiger partial charge in [0, 0.05) is 24.6 Å². The molecular weight excluding hydrogens is 272 g/mol. The standard InChI is InChI=1S/C17H23F2NO/c18-17(19,14-6-2-1-3-7-14)13-20-11-10-16(21)9-5-4-8-15(16)12-20/h1-3,6-7,15,21H,4-5,8-13H2. The number of rotatable bonds is 3. The minimum Gasteiger partial charge on any atom is -0.390 e. The van der Waals surface area contributed by atoms with Crippen molar-refractivity contribution in [2.24, 2.45) is 5.92 Å². The molecule has 0 radical (unpaired) electrons. The highest BCUT2D eigenvalue weighted by Gasteiger charge is 2.44. The van der Waals surface area contributed by atoms with Gasteiger partial charge in [-0.1, -0.05) is 43.2 Å². The molecule has 0 spiro atoms. The van der Waals surface area contributed by atoms with Crippen molar-refractivity contribution in [3.05, 3.63) is 35.9 Å². The maximum absolute atomic E-state index is 14.4. The molecule has 0 aromatic heterocycles. The van der Waals surface area contributed by atoms with Crippen molar-refractivity contribution in [1.82, 2.24) is 4.90 Å². The van der Waals surface area contributed by atoms with Gasteiger partial charge in [0.1, 0.15) is 0 Å². The molecule has 2 unspecified atom stereocenters. The number of piperidine rings is 1. The zero-order chi connectivity index (χ0) is 14.9. The monoisotopic (exact) mass is 295 g/mol. The summed E-state index contributed by atoms with van der Waals surface area (Å²) in [5.74, 6) is -2.67. The molecule has 2 aliphatic rings. The second-order valence-corrected chi connectivity index (χ2v) is 6.60. The van der Waals surface area contributed by atoms with Crippen molar-refractivity contribution in [3.63, 3.8) is 0 Å². The Morgan fingerprint density at radius 3 is 2.71 bits per heavy atom. The molecule has 2 atom stereocenters. The van der Waals surface area contributed by atoms with Crippen LogP contribution >= 0.6 is 0 Å². The summed E-state index contributed by atoms with van der Waals surface area (Å²) in [5, 5.41) is 10.6. The van der Waals surface area contributed by atoms with Gasteiger partial charge in [-0.05, 0) is 19.3 Å². The van der Waals surface area contributed by atoms with Gasteiger partial charge in [-0.15, -0.1) is 0 Å². The van der Waals surface area contributed by atoms with Gasteiger partial charge in [0.2, 0.25) is 0 Å². The third kappa shape index (κ3) is 3.11. The molecule has 1 aliphatic heterocycles. The van der Waals surface area contributed by atoms with Crippen molar-refractivity contribution in [3.8, 4) is 0 Å². The van der Waals surface area contributed by atoms with E-state index in [1.165, 1.54) is 12.1 Å². The molecule has 2 nitrogen and oxygen atoms in total. The molecular formula is C17H23F2NO. The van der Waals surface area contributed by atoms with Crippen LogP contribution in [0.1, 0.15) is 37.7 Å². The van der Waals surface area contributed by atoms with E-state index in [4.69, 9.17) is 0 Å². The molecule has 1 saturated carbocycles. The van der Waals surface area contributed by atoms with Crippen LogP contribution in [-0.2, 0) is 5.92 Å². The van der Waals surface area contributed by atoms with Gasteiger partial charge in [-0.3, -0.25) is 4.90 Å². The maximum atomic E-state index is 14.4. The van der Waals surface area contributed by atoms with Crippen LogP contribution in [0.4, 0.5) is 8.78 Å². The Labute approximate surface area is 124 Å². The Balaban J connectivity index is 1.66. The summed E-state index contributed by atoms with van der Waals surface area (Å²) < 4.78 is 28.7. The first kappa shape index (κ1) is 14.9. The number of hydrogen-bond acceptors (Lipinski definition) is 2.